The Morgan fingerprint density at radius 2 is 1.72 bits per heavy atom. The molecule has 0 aliphatic rings. The minimum atomic E-state index is -1.04. The van der Waals surface area contributed by atoms with Crippen molar-refractivity contribution in [3.8, 4) is 5.75 Å². The van der Waals surface area contributed by atoms with Gasteiger partial charge < -0.3 is 20.8 Å². The highest BCUT2D eigenvalue weighted by molar-refractivity contribution is 7.99. The van der Waals surface area contributed by atoms with Crippen LogP contribution in [0.15, 0.2) is 24.3 Å². The number of benzene rings is 1. The van der Waals surface area contributed by atoms with Crippen LogP contribution in [-0.4, -0.2) is 52.1 Å². The first-order valence-electron chi connectivity index (χ1n) is 11.1. The molecule has 0 aromatic heterocycles. The molecule has 2 atom stereocenters. The highest BCUT2D eigenvalue weighted by Gasteiger charge is 2.24. The molecule has 0 aliphatic heterocycles. The predicted molar refractivity (Wildman–Crippen MR) is 129 cm³/mol. The molecule has 32 heavy (non-hydrogen) atoms. The second-order valence-corrected chi connectivity index (χ2v) is 10.8. The SMILES string of the molecule is CC(C)CC(C(=O)NCCCSC[C@H](NC(=O)CC(C)(C)C)C(=O)O)c1ccc(O)cc1. The van der Waals surface area contributed by atoms with Crippen LogP contribution in [0.3, 0.4) is 0 Å². The molecule has 180 valence electrons. The zero-order valence-corrected chi connectivity index (χ0v) is 20.6. The summed E-state index contributed by atoms with van der Waals surface area (Å²) in [6, 6.07) is 5.81. The van der Waals surface area contributed by atoms with E-state index in [0.29, 0.717) is 31.1 Å². The summed E-state index contributed by atoms with van der Waals surface area (Å²) >= 11 is 1.44. The number of carbonyl (C=O) groups is 3. The summed E-state index contributed by atoms with van der Waals surface area (Å²) in [4.78, 5) is 36.2. The van der Waals surface area contributed by atoms with Crippen molar-refractivity contribution < 1.29 is 24.6 Å². The monoisotopic (exact) mass is 466 g/mol. The fourth-order valence-corrected chi connectivity index (χ4v) is 4.16. The maximum Gasteiger partial charge on any atom is 0.327 e. The number of carboxylic acid groups (broad SMARTS) is 1. The van der Waals surface area contributed by atoms with Crippen molar-refractivity contribution in [3.05, 3.63) is 29.8 Å². The second kappa shape index (κ2) is 13.4. The molecule has 1 aromatic carbocycles. The lowest BCUT2D eigenvalue weighted by atomic mass is 9.89. The van der Waals surface area contributed by atoms with E-state index >= 15 is 0 Å². The van der Waals surface area contributed by atoms with Crippen LogP contribution < -0.4 is 10.6 Å². The average Bonchev–Trinajstić information content (AvgIpc) is 2.66. The van der Waals surface area contributed by atoms with Gasteiger partial charge in [-0.25, -0.2) is 4.79 Å². The first kappa shape index (κ1) is 27.8. The Hall–Kier alpha value is -2.22. The molecule has 0 radical (unpaired) electrons. The molecule has 7 nitrogen and oxygen atoms in total. The average molecular weight is 467 g/mol. The summed E-state index contributed by atoms with van der Waals surface area (Å²) in [6.45, 7) is 10.4. The van der Waals surface area contributed by atoms with E-state index in [4.69, 9.17) is 0 Å². The van der Waals surface area contributed by atoms with Gasteiger partial charge in [-0.2, -0.15) is 11.8 Å². The van der Waals surface area contributed by atoms with Gasteiger partial charge in [0.15, 0.2) is 0 Å². The van der Waals surface area contributed by atoms with Crippen molar-refractivity contribution in [2.75, 3.05) is 18.1 Å². The van der Waals surface area contributed by atoms with E-state index in [9.17, 15) is 24.6 Å². The van der Waals surface area contributed by atoms with Gasteiger partial charge in [0.1, 0.15) is 11.8 Å². The fourth-order valence-electron chi connectivity index (χ4n) is 3.18. The van der Waals surface area contributed by atoms with Crippen molar-refractivity contribution in [1.82, 2.24) is 10.6 Å². The minimum absolute atomic E-state index is 0.0488. The topological polar surface area (TPSA) is 116 Å². The zero-order valence-electron chi connectivity index (χ0n) is 19.8. The van der Waals surface area contributed by atoms with Crippen LogP contribution >= 0.6 is 11.8 Å². The zero-order chi connectivity index (χ0) is 24.3. The number of phenols is 1. The highest BCUT2D eigenvalue weighted by Crippen LogP contribution is 2.25. The molecule has 0 saturated carbocycles. The van der Waals surface area contributed by atoms with Gasteiger partial charge in [0.05, 0.1) is 5.92 Å². The fraction of sp³-hybridized carbons (Fsp3) is 0.625. The molecule has 1 aromatic rings. The van der Waals surface area contributed by atoms with Crippen molar-refractivity contribution in [1.29, 1.82) is 0 Å². The molecule has 0 aliphatic carbocycles. The van der Waals surface area contributed by atoms with Crippen LogP contribution in [0.4, 0.5) is 0 Å². The number of hydrogen-bond donors (Lipinski definition) is 4. The third kappa shape index (κ3) is 11.4. The van der Waals surface area contributed by atoms with Gasteiger partial charge in [0.2, 0.25) is 11.8 Å². The summed E-state index contributed by atoms with van der Waals surface area (Å²) in [6.07, 6.45) is 1.68. The molecule has 8 heteroatoms. The third-order valence-corrected chi connectivity index (χ3v) is 5.84. The summed E-state index contributed by atoms with van der Waals surface area (Å²) < 4.78 is 0. The van der Waals surface area contributed by atoms with Crippen molar-refractivity contribution in [2.24, 2.45) is 11.3 Å². The molecular formula is C24H38N2O5S. The number of nitrogens with one attached hydrogen (secondary N) is 2. The summed E-state index contributed by atoms with van der Waals surface area (Å²) in [5.41, 5.74) is 0.671. The largest absolute Gasteiger partial charge is 0.508 e. The Morgan fingerprint density at radius 3 is 2.25 bits per heavy atom. The Morgan fingerprint density at radius 1 is 1.09 bits per heavy atom. The maximum absolute atomic E-state index is 12.7. The Balaban J connectivity index is 2.43. The number of aliphatic carboxylic acids is 1. The predicted octanol–water partition coefficient (Wildman–Crippen LogP) is 3.77. The number of phenolic OH excluding ortho intramolecular Hbond substituents is 1. The quantitative estimate of drug-likeness (QED) is 0.329. The van der Waals surface area contributed by atoms with E-state index in [1.807, 2.05) is 20.8 Å². The first-order chi connectivity index (χ1) is 14.9. The number of amides is 2. The third-order valence-electron chi connectivity index (χ3n) is 4.69. The highest BCUT2D eigenvalue weighted by atomic mass is 32.2. The van der Waals surface area contributed by atoms with Gasteiger partial charge in [0, 0.05) is 18.7 Å². The lowest BCUT2D eigenvalue weighted by molar-refractivity contribution is -0.141. The van der Waals surface area contributed by atoms with Gasteiger partial charge in [-0.05, 0) is 47.6 Å². The van der Waals surface area contributed by atoms with Gasteiger partial charge in [-0.1, -0.05) is 46.8 Å². The van der Waals surface area contributed by atoms with E-state index in [1.165, 1.54) is 11.8 Å². The maximum atomic E-state index is 12.7. The first-order valence-corrected chi connectivity index (χ1v) is 12.2. The molecular weight excluding hydrogens is 428 g/mol. The lowest BCUT2D eigenvalue weighted by Crippen LogP contribution is -2.43. The molecule has 0 saturated heterocycles. The smallest absolute Gasteiger partial charge is 0.327 e. The van der Waals surface area contributed by atoms with Crippen molar-refractivity contribution >= 4 is 29.5 Å². The Labute approximate surface area is 195 Å². The Bertz CT molecular complexity index is 744. The number of rotatable bonds is 13. The number of carboxylic acids is 1. The van der Waals surface area contributed by atoms with Crippen LogP contribution in [0.2, 0.25) is 0 Å². The molecule has 1 rings (SSSR count). The van der Waals surface area contributed by atoms with Crippen LogP contribution in [0.25, 0.3) is 0 Å². The van der Waals surface area contributed by atoms with Crippen LogP contribution in [0.5, 0.6) is 5.75 Å². The normalized spacial score (nSPS) is 13.4. The summed E-state index contributed by atoms with van der Waals surface area (Å²) in [5, 5.41) is 24.4. The molecule has 0 spiro atoms. The van der Waals surface area contributed by atoms with Crippen molar-refractivity contribution in [3.63, 3.8) is 0 Å². The van der Waals surface area contributed by atoms with E-state index in [2.05, 4.69) is 24.5 Å². The number of hydrogen-bond acceptors (Lipinski definition) is 5. The van der Waals surface area contributed by atoms with E-state index in [1.54, 1.807) is 24.3 Å². The van der Waals surface area contributed by atoms with Crippen LogP contribution in [0.1, 0.15) is 65.4 Å². The van der Waals surface area contributed by atoms with E-state index in [0.717, 1.165) is 5.56 Å². The summed E-state index contributed by atoms with van der Waals surface area (Å²) in [5.74, 6) is -0.164. The van der Waals surface area contributed by atoms with Gasteiger partial charge in [-0.15, -0.1) is 0 Å². The molecule has 0 bridgehead atoms. The van der Waals surface area contributed by atoms with Gasteiger partial charge in [0.25, 0.3) is 0 Å². The van der Waals surface area contributed by atoms with Crippen LogP contribution in [0, 0.1) is 11.3 Å². The summed E-state index contributed by atoms with van der Waals surface area (Å²) in [7, 11) is 0. The molecule has 0 fully saturated rings. The van der Waals surface area contributed by atoms with E-state index < -0.39 is 12.0 Å². The molecule has 2 amide bonds. The lowest BCUT2D eigenvalue weighted by Gasteiger charge is -2.20. The molecule has 0 heterocycles. The standard InChI is InChI=1S/C24H38N2O5S/c1-16(2)13-19(17-7-9-18(27)10-8-17)22(29)25-11-6-12-32-15-20(23(30)31)26-21(28)14-24(3,4)5/h7-10,16,19-20,27H,6,11-15H2,1-5H3,(H,25,29)(H,26,28)(H,30,31)/t19?,20-/m0/s1. The second-order valence-electron chi connectivity index (χ2n) is 9.69. The van der Waals surface area contributed by atoms with Gasteiger partial charge in [-0.3, -0.25) is 9.59 Å². The Kier molecular flexibility index (Phi) is 11.6. The minimum Gasteiger partial charge on any atom is -0.508 e. The molecule has 1 unspecified atom stereocenters. The van der Waals surface area contributed by atoms with Gasteiger partial charge >= 0.3 is 5.97 Å². The number of carbonyl (C=O) groups excluding carboxylic acids is 2. The van der Waals surface area contributed by atoms with E-state index in [-0.39, 0.29) is 41.1 Å². The molecule has 4 N–H and O–H groups in total. The number of thioether (sulfide) groups is 1. The van der Waals surface area contributed by atoms with Crippen molar-refractivity contribution in [2.45, 2.75) is 65.8 Å². The number of aromatic hydroxyl groups is 1. The van der Waals surface area contributed by atoms with Crippen LogP contribution in [-0.2, 0) is 14.4 Å².